The van der Waals surface area contributed by atoms with Crippen LogP contribution in [0.1, 0.15) is 0 Å². The third-order valence-corrected chi connectivity index (χ3v) is 1.83. The SMILES string of the molecule is O=CNc1ccc(-c2cnco2)cc1. The first-order valence-electron chi connectivity index (χ1n) is 4.09. The first-order chi connectivity index (χ1) is 6.90. The Kier molecular flexibility index (Phi) is 2.27. The molecule has 0 fully saturated rings. The van der Waals surface area contributed by atoms with Gasteiger partial charge in [0.2, 0.25) is 6.41 Å². The van der Waals surface area contributed by atoms with Gasteiger partial charge >= 0.3 is 0 Å². The van der Waals surface area contributed by atoms with E-state index >= 15 is 0 Å². The number of benzene rings is 1. The summed E-state index contributed by atoms with van der Waals surface area (Å²) < 4.78 is 5.12. The Morgan fingerprint density at radius 1 is 1.29 bits per heavy atom. The molecular formula is C10H8N2O2. The van der Waals surface area contributed by atoms with Crippen molar-refractivity contribution in [2.24, 2.45) is 0 Å². The molecule has 1 N–H and O–H groups in total. The minimum atomic E-state index is 0.642. The second-order valence-electron chi connectivity index (χ2n) is 2.71. The van der Waals surface area contributed by atoms with Crippen molar-refractivity contribution in [1.82, 2.24) is 4.98 Å². The van der Waals surface area contributed by atoms with Crippen molar-refractivity contribution in [2.75, 3.05) is 5.32 Å². The molecule has 0 radical (unpaired) electrons. The summed E-state index contributed by atoms with van der Waals surface area (Å²) >= 11 is 0. The summed E-state index contributed by atoms with van der Waals surface area (Å²) in [7, 11) is 0. The Hall–Kier alpha value is -2.10. The van der Waals surface area contributed by atoms with Gasteiger partial charge in [-0.25, -0.2) is 4.98 Å². The number of hydrogen-bond donors (Lipinski definition) is 1. The molecule has 1 heterocycles. The van der Waals surface area contributed by atoms with Gasteiger partial charge in [-0.05, 0) is 24.3 Å². The lowest BCUT2D eigenvalue weighted by molar-refractivity contribution is -0.105. The Bertz CT molecular complexity index is 406. The zero-order chi connectivity index (χ0) is 9.80. The number of rotatable bonds is 3. The maximum absolute atomic E-state index is 10.1. The van der Waals surface area contributed by atoms with E-state index in [0.29, 0.717) is 12.2 Å². The van der Waals surface area contributed by atoms with Crippen molar-refractivity contribution in [2.45, 2.75) is 0 Å². The van der Waals surface area contributed by atoms with E-state index in [2.05, 4.69) is 10.3 Å². The van der Waals surface area contributed by atoms with Gasteiger partial charge in [-0.3, -0.25) is 4.79 Å². The number of hydrogen-bond acceptors (Lipinski definition) is 3. The van der Waals surface area contributed by atoms with Gasteiger partial charge in [0, 0.05) is 11.3 Å². The fraction of sp³-hybridized carbons (Fsp3) is 0. The van der Waals surface area contributed by atoms with Crippen molar-refractivity contribution in [1.29, 1.82) is 0 Å². The molecule has 14 heavy (non-hydrogen) atoms. The topological polar surface area (TPSA) is 55.1 Å². The number of carbonyl (C=O) groups excluding carboxylic acids is 1. The molecule has 0 spiro atoms. The maximum Gasteiger partial charge on any atom is 0.211 e. The van der Waals surface area contributed by atoms with Gasteiger partial charge < -0.3 is 9.73 Å². The molecule has 2 aromatic rings. The van der Waals surface area contributed by atoms with Crippen molar-refractivity contribution in [3.05, 3.63) is 36.9 Å². The summed E-state index contributed by atoms with van der Waals surface area (Å²) in [5.41, 5.74) is 1.68. The van der Waals surface area contributed by atoms with E-state index in [4.69, 9.17) is 4.42 Å². The number of nitrogens with zero attached hydrogens (tertiary/aromatic N) is 1. The van der Waals surface area contributed by atoms with Crippen LogP contribution in [0.15, 0.2) is 41.3 Å². The lowest BCUT2D eigenvalue weighted by Crippen LogP contribution is -1.92. The van der Waals surface area contributed by atoms with Gasteiger partial charge in [-0.2, -0.15) is 0 Å². The number of amides is 1. The first-order valence-corrected chi connectivity index (χ1v) is 4.09. The van der Waals surface area contributed by atoms with E-state index in [1.54, 1.807) is 18.3 Å². The van der Waals surface area contributed by atoms with Gasteiger partial charge in [0.15, 0.2) is 12.2 Å². The van der Waals surface area contributed by atoms with E-state index < -0.39 is 0 Å². The molecule has 1 amide bonds. The molecule has 4 nitrogen and oxygen atoms in total. The van der Waals surface area contributed by atoms with Crippen LogP contribution in [0, 0.1) is 0 Å². The van der Waals surface area contributed by atoms with E-state index in [0.717, 1.165) is 11.3 Å². The Morgan fingerprint density at radius 2 is 2.07 bits per heavy atom. The zero-order valence-corrected chi connectivity index (χ0v) is 7.31. The lowest BCUT2D eigenvalue weighted by atomic mass is 10.2. The second kappa shape index (κ2) is 3.74. The van der Waals surface area contributed by atoms with Crippen LogP contribution in [0.4, 0.5) is 5.69 Å². The molecule has 0 saturated heterocycles. The van der Waals surface area contributed by atoms with Crippen molar-refractivity contribution >= 4 is 12.1 Å². The van der Waals surface area contributed by atoms with E-state index in [1.165, 1.54) is 6.39 Å². The molecule has 0 unspecified atom stereocenters. The summed E-state index contributed by atoms with van der Waals surface area (Å²) in [5.74, 6) is 0.711. The Balaban J connectivity index is 2.26. The molecule has 0 atom stereocenters. The smallest absolute Gasteiger partial charge is 0.211 e. The van der Waals surface area contributed by atoms with Gasteiger partial charge in [0.25, 0.3) is 0 Å². The van der Waals surface area contributed by atoms with Crippen LogP contribution in [-0.2, 0) is 4.79 Å². The van der Waals surface area contributed by atoms with Crippen LogP contribution >= 0.6 is 0 Å². The number of anilines is 1. The minimum Gasteiger partial charge on any atom is -0.444 e. The monoisotopic (exact) mass is 188 g/mol. The quantitative estimate of drug-likeness (QED) is 0.748. The lowest BCUT2D eigenvalue weighted by Gasteiger charge is -1.99. The van der Waals surface area contributed by atoms with Gasteiger partial charge in [0.1, 0.15) is 0 Å². The van der Waals surface area contributed by atoms with Gasteiger partial charge in [0.05, 0.1) is 6.20 Å². The molecule has 70 valence electrons. The molecule has 0 aliphatic carbocycles. The van der Waals surface area contributed by atoms with E-state index in [1.807, 2.05) is 12.1 Å². The fourth-order valence-corrected chi connectivity index (χ4v) is 1.16. The highest BCUT2D eigenvalue weighted by Crippen LogP contribution is 2.20. The zero-order valence-electron chi connectivity index (χ0n) is 7.31. The first kappa shape index (κ1) is 8.50. The molecule has 1 aromatic heterocycles. The molecule has 0 aliphatic rings. The maximum atomic E-state index is 10.1. The molecule has 0 bridgehead atoms. The summed E-state index contributed by atoms with van der Waals surface area (Å²) in [6.07, 6.45) is 3.67. The predicted octanol–water partition coefficient (Wildman–Crippen LogP) is 1.91. The molecule has 0 aliphatic heterocycles. The molecular weight excluding hydrogens is 180 g/mol. The standard InChI is InChI=1S/C10H8N2O2/c13-6-12-9-3-1-8(2-4-9)10-5-11-7-14-10/h1-7H,(H,12,13). The predicted molar refractivity (Wildman–Crippen MR) is 51.6 cm³/mol. The second-order valence-corrected chi connectivity index (χ2v) is 2.71. The number of nitrogens with one attached hydrogen (secondary N) is 1. The van der Waals surface area contributed by atoms with Crippen LogP contribution in [0.3, 0.4) is 0 Å². The van der Waals surface area contributed by atoms with E-state index in [9.17, 15) is 4.79 Å². The van der Waals surface area contributed by atoms with Crippen LogP contribution in [-0.4, -0.2) is 11.4 Å². The van der Waals surface area contributed by atoms with E-state index in [-0.39, 0.29) is 0 Å². The van der Waals surface area contributed by atoms with Crippen molar-refractivity contribution < 1.29 is 9.21 Å². The molecule has 4 heteroatoms. The highest BCUT2D eigenvalue weighted by atomic mass is 16.3. The number of aromatic nitrogens is 1. The normalized spacial score (nSPS) is 9.71. The van der Waals surface area contributed by atoms with Crippen molar-refractivity contribution in [3.63, 3.8) is 0 Å². The minimum absolute atomic E-state index is 0.642. The summed E-state index contributed by atoms with van der Waals surface area (Å²) in [5, 5.41) is 2.55. The molecule has 1 aromatic carbocycles. The number of oxazole rings is 1. The average Bonchev–Trinajstić information content (AvgIpc) is 2.72. The Labute approximate surface area is 80.6 Å². The largest absolute Gasteiger partial charge is 0.444 e. The average molecular weight is 188 g/mol. The Morgan fingerprint density at radius 3 is 2.64 bits per heavy atom. The van der Waals surface area contributed by atoms with Crippen LogP contribution in [0.2, 0.25) is 0 Å². The fourth-order valence-electron chi connectivity index (χ4n) is 1.16. The summed E-state index contributed by atoms with van der Waals surface area (Å²) in [6.45, 7) is 0. The van der Waals surface area contributed by atoms with Crippen molar-refractivity contribution in [3.8, 4) is 11.3 Å². The third-order valence-electron chi connectivity index (χ3n) is 1.83. The van der Waals surface area contributed by atoms with Crippen LogP contribution in [0.25, 0.3) is 11.3 Å². The molecule has 2 rings (SSSR count). The highest BCUT2D eigenvalue weighted by Gasteiger charge is 1.99. The number of carbonyl (C=O) groups is 1. The summed E-state index contributed by atoms with van der Waals surface area (Å²) in [4.78, 5) is 14.0. The highest BCUT2D eigenvalue weighted by molar-refractivity contribution is 5.72. The third kappa shape index (κ3) is 1.64. The molecule has 0 saturated carbocycles. The summed E-state index contributed by atoms with van der Waals surface area (Å²) in [6, 6.07) is 7.30. The van der Waals surface area contributed by atoms with Gasteiger partial charge in [-0.15, -0.1) is 0 Å². The van der Waals surface area contributed by atoms with Crippen LogP contribution < -0.4 is 5.32 Å². The van der Waals surface area contributed by atoms with Gasteiger partial charge in [-0.1, -0.05) is 0 Å². The van der Waals surface area contributed by atoms with Crippen LogP contribution in [0.5, 0.6) is 0 Å².